The zero-order valence-corrected chi connectivity index (χ0v) is 76.4. The number of aromatic nitrogens is 8. The van der Waals surface area contributed by atoms with Crippen LogP contribution in [0, 0.1) is 80.5 Å². The Kier molecular flexibility index (Phi) is 23.3. The number of imidazole rings is 3. The standard InChI is InChI=1S/C58H40N2O2.C22H25N2.2C18H17N2.Ir/c1-3-35(2)38-30-39(36-26-28-55-47(33-36)45-18-12-24-53(57(45)61-55)59-49-20-8-4-14-41(49)42-15-5-9-21-50(42)59)32-40(31-38)37-27-29-56-48(34-37)46-19-13-25-54(58(46)62-56)60-51-22-10-6-16-43(51)44-17-7-11-23-52(44)60;1-6-16(3)19-7-9-20(10-8-19)22-23-11-12-24(22)21-17(4)13-15(2)14-18(21)5;2*1-13-11-14(2)17(15(3)12-13)20-10-9-19-18(20)16-7-5-4-6-8-16;/h4-35H,3H2,1-2H3;7-9,11-14,16H,6H2,1-5H3;2*4-7,9-12H,1-3H3;/q;3*-1;+3. The van der Waals surface area contributed by atoms with Gasteiger partial charge in [0.15, 0.2) is 11.2 Å². The average molecular weight is 1830 g/mol. The van der Waals surface area contributed by atoms with Gasteiger partial charge in [-0.1, -0.05) is 214 Å². The van der Waals surface area contributed by atoms with Gasteiger partial charge in [-0.15, -0.1) is 107 Å². The minimum absolute atomic E-state index is 0. The summed E-state index contributed by atoms with van der Waals surface area (Å²) in [5.41, 5.74) is 35.8. The molecule has 0 aliphatic rings. The molecule has 0 N–H and O–H groups in total. The molecule has 127 heavy (non-hydrogen) atoms. The minimum atomic E-state index is 0. The van der Waals surface area contributed by atoms with E-state index >= 15 is 0 Å². The van der Waals surface area contributed by atoms with Gasteiger partial charge in [-0.05, 0) is 203 Å². The molecular weight excluding hydrogens is 1730 g/mol. The normalized spacial score (nSPS) is 11.9. The van der Waals surface area contributed by atoms with Gasteiger partial charge >= 0.3 is 20.1 Å². The molecule has 0 aliphatic carbocycles. The van der Waals surface area contributed by atoms with Crippen LogP contribution >= 0.6 is 0 Å². The summed E-state index contributed by atoms with van der Waals surface area (Å²) in [4.78, 5) is 13.6. The largest absolute Gasteiger partial charge is 3.00 e. The first-order valence-corrected chi connectivity index (χ1v) is 43.8. The number of aryl methyl sites for hydroxylation is 9. The number of benzene rings is 15. The third-order valence-electron chi connectivity index (χ3n) is 25.1. The smallest absolute Gasteiger partial charge is 0.454 e. The fraction of sp³-hybridized carbons (Fsp3) is 0.147. The first-order chi connectivity index (χ1) is 61.4. The molecule has 0 saturated carbocycles. The van der Waals surface area contributed by atoms with E-state index in [1.165, 1.54) is 144 Å². The van der Waals surface area contributed by atoms with Crippen molar-refractivity contribution < 1.29 is 28.9 Å². The molecule has 0 fully saturated rings. The van der Waals surface area contributed by atoms with Crippen molar-refractivity contribution in [2.45, 2.75) is 115 Å². The molecule has 2 unspecified atom stereocenters. The van der Waals surface area contributed by atoms with Gasteiger partial charge in [-0.3, -0.25) is 15.0 Å². The summed E-state index contributed by atoms with van der Waals surface area (Å²) in [6, 6.07) is 114. The van der Waals surface area contributed by atoms with Gasteiger partial charge in [-0.25, -0.2) is 0 Å². The van der Waals surface area contributed by atoms with E-state index in [2.05, 4.69) is 389 Å². The number of fused-ring (bicyclic) bond motifs is 12. The first-order valence-electron chi connectivity index (χ1n) is 43.8. The Hall–Kier alpha value is -14.2. The van der Waals surface area contributed by atoms with Crippen LogP contribution in [0.1, 0.15) is 114 Å². The molecule has 624 valence electrons. The first kappa shape index (κ1) is 83.7. The van der Waals surface area contributed by atoms with Crippen LogP contribution in [0.15, 0.2) is 337 Å². The van der Waals surface area contributed by atoms with E-state index in [-0.39, 0.29) is 20.1 Å². The van der Waals surface area contributed by atoms with E-state index in [1.807, 2.05) is 85.7 Å². The maximum Gasteiger partial charge on any atom is 3.00 e. The Balaban J connectivity index is 0.000000137. The molecule has 0 saturated heterocycles. The molecule has 0 bridgehead atoms. The Bertz CT molecular complexity index is 7280. The van der Waals surface area contributed by atoms with Crippen molar-refractivity contribution in [1.82, 2.24) is 37.8 Å². The van der Waals surface area contributed by atoms with Crippen LogP contribution in [0.4, 0.5) is 0 Å². The number of hydrogen-bond donors (Lipinski definition) is 0. The zero-order chi connectivity index (χ0) is 86.5. The molecule has 7 aromatic heterocycles. The molecule has 7 heterocycles. The number of furan rings is 2. The van der Waals surface area contributed by atoms with E-state index in [0.717, 1.165) is 102 Å². The molecule has 0 aliphatic heterocycles. The number of para-hydroxylation sites is 6. The van der Waals surface area contributed by atoms with E-state index in [0.29, 0.717) is 11.8 Å². The van der Waals surface area contributed by atoms with E-state index in [1.54, 1.807) is 0 Å². The third-order valence-corrected chi connectivity index (χ3v) is 25.1. The maximum atomic E-state index is 6.78. The van der Waals surface area contributed by atoms with Gasteiger partial charge in [0.05, 0.1) is 50.9 Å². The van der Waals surface area contributed by atoms with Crippen LogP contribution in [0.5, 0.6) is 0 Å². The fourth-order valence-corrected chi connectivity index (χ4v) is 19.0. The van der Waals surface area contributed by atoms with Crippen molar-refractivity contribution in [3.05, 3.63) is 408 Å². The van der Waals surface area contributed by atoms with Crippen LogP contribution < -0.4 is 0 Å². The van der Waals surface area contributed by atoms with E-state index in [9.17, 15) is 0 Å². The molecule has 0 spiro atoms. The van der Waals surface area contributed by atoms with Gasteiger partial charge < -0.3 is 31.7 Å². The molecule has 2 atom stereocenters. The molecule has 0 radical (unpaired) electrons. The quantitative estimate of drug-likeness (QED) is 0.101. The second-order valence-corrected chi connectivity index (χ2v) is 33.8. The molecule has 10 nitrogen and oxygen atoms in total. The fourth-order valence-electron chi connectivity index (χ4n) is 19.0. The SMILES string of the molecule is CCC(C)c1c[c-]c(-c2nccn2-c2c(C)cc(C)cc2C)cc1.CCC(C)c1cc(-c2ccc3oc4c(-n5c6ccccc6c6ccccc65)cccc4c3c2)cc(-c2ccc3oc4c(-n5c6ccccc6c6ccccc65)cccc4c3c2)c1.Cc1cc(C)c(-n2ccnc2-c2[c-]cccc2)c(C)c1.Cc1cc(C)c(-n2ccnc2-c2[c-]cccc2)c(C)c1.[Ir+3]. The van der Waals surface area contributed by atoms with Gasteiger partial charge in [0.2, 0.25) is 0 Å². The van der Waals surface area contributed by atoms with Crippen LogP contribution in [0.2, 0.25) is 0 Å². The van der Waals surface area contributed by atoms with Crippen molar-refractivity contribution in [1.29, 1.82) is 0 Å². The van der Waals surface area contributed by atoms with Crippen molar-refractivity contribution in [3.63, 3.8) is 0 Å². The summed E-state index contributed by atoms with van der Waals surface area (Å²) in [5.74, 6) is 3.77. The summed E-state index contributed by atoms with van der Waals surface area (Å²) in [7, 11) is 0. The number of nitrogens with zero attached hydrogens (tertiary/aromatic N) is 8. The number of hydrogen-bond acceptors (Lipinski definition) is 5. The van der Waals surface area contributed by atoms with Crippen LogP contribution in [0.25, 0.3) is 172 Å². The van der Waals surface area contributed by atoms with Crippen molar-refractivity contribution >= 4 is 87.5 Å². The topological polar surface area (TPSA) is 89.6 Å². The Labute approximate surface area is 756 Å². The summed E-state index contributed by atoms with van der Waals surface area (Å²) < 4.78 is 24.7. The van der Waals surface area contributed by atoms with Crippen molar-refractivity contribution in [2.75, 3.05) is 0 Å². The van der Waals surface area contributed by atoms with Crippen molar-refractivity contribution in [2.24, 2.45) is 0 Å². The second kappa shape index (κ2) is 35.4. The third kappa shape index (κ3) is 15.8. The summed E-state index contributed by atoms with van der Waals surface area (Å²) in [6.45, 7) is 28.4. The molecule has 11 heteroatoms. The monoisotopic (exact) mass is 1830 g/mol. The Morgan fingerprint density at radius 2 is 0.646 bits per heavy atom. The van der Waals surface area contributed by atoms with Gasteiger partial charge in [-0.2, -0.15) is 0 Å². The second-order valence-electron chi connectivity index (χ2n) is 33.8. The maximum absolute atomic E-state index is 6.78. The van der Waals surface area contributed by atoms with Crippen LogP contribution in [-0.2, 0) is 20.1 Å². The number of rotatable bonds is 14. The summed E-state index contributed by atoms with van der Waals surface area (Å²) >= 11 is 0. The van der Waals surface area contributed by atoms with Crippen molar-refractivity contribution in [3.8, 4) is 84.9 Å². The van der Waals surface area contributed by atoms with Crippen LogP contribution in [-0.4, -0.2) is 37.8 Å². The average Bonchev–Trinajstić information content (AvgIpc) is 1.58. The van der Waals surface area contributed by atoms with Gasteiger partial charge in [0.1, 0.15) is 11.2 Å². The molecule has 15 aromatic carbocycles. The molecule has 22 rings (SSSR count). The van der Waals surface area contributed by atoms with Crippen LogP contribution in [0.3, 0.4) is 0 Å². The van der Waals surface area contributed by atoms with Gasteiger partial charge in [0, 0.05) is 97.3 Å². The molecular formula is C116H99IrN8O2. The molecule has 22 aromatic rings. The minimum Gasteiger partial charge on any atom is -0.454 e. The predicted molar refractivity (Wildman–Crippen MR) is 524 cm³/mol. The van der Waals surface area contributed by atoms with Gasteiger partial charge in [0.25, 0.3) is 0 Å². The predicted octanol–water partition coefficient (Wildman–Crippen LogP) is 30.8. The Morgan fingerprint density at radius 1 is 0.307 bits per heavy atom. The zero-order valence-electron chi connectivity index (χ0n) is 74.0. The van der Waals surface area contributed by atoms with E-state index in [4.69, 9.17) is 8.83 Å². The Morgan fingerprint density at radius 3 is 0.984 bits per heavy atom. The van der Waals surface area contributed by atoms with E-state index < -0.39 is 0 Å². The molecule has 0 amide bonds. The summed E-state index contributed by atoms with van der Waals surface area (Å²) in [6.07, 6.45) is 13.8. The summed E-state index contributed by atoms with van der Waals surface area (Å²) in [5, 5.41) is 9.38.